The molecule has 1 unspecified atom stereocenters. The number of aliphatic hydroxyl groups excluding tert-OH is 1. The maximum absolute atomic E-state index is 13.5. The Morgan fingerprint density at radius 1 is 1.47 bits per heavy atom. The van der Waals surface area contributed by atoms with Crippen LogP contribution in [0.3, 0.4) is 0 Å². The van der Waals surface area contributed by atoms with Crippen LogP contribution in [0.2, 0.25) is 0 Å². The molecule has 1 aromatic rings. The van der Waals surface area contributed by atoms with Crippen LogP contribution in [-0.2, 0) is 0 Å². The van der Waals surface area contributed by atoms with Crippen LogP contribution in [-0.4, -0.2) is 18.3 Å². The average Bonchev–Trinajstić information content (AvgIpc) is 2.24. The van der Waals surface area contributed by atoms with Crippen molar-refractivity contribution in [3.63, 3.8) is 0 Å². The second-order valence-corrected chi connectivity index (χ2v) is 3.71. The number of halogens is 1. The molecule has 0 amide bonds. The first-order valence-corrected chi connectivity index (χ1v) is 5.29. The van der Waals surface area contributed by atoms with Crippen molar-refractivity contribution in [3.05, 3.63) is 35.1 Å². The molecular weight excluding hydrogens is 193 g/mol. The third-order valence-electron chi connectivity index (χ3n) is 2.35. The van der Waals surface area contributed by atoms with E-state index in [0.717, 1.165) is 18.5 Å². The van der Waals surface area contributed by atoms with E-state index < -0.39 is 0 Å². The van der Waals surface area contributed by atoms with Crippen LogP contribution >= 0.6 is 0 Å². The summed E-state index contributed by atoms with van der Waals surface area (Å²) in [6, 6.07) is 4.65. The first-order valence-electron chi connectivity index (χ1n) is 5.29. The first kappa shape index (κ1) is 12.1. The van der Waals surface area contributed by atoms with Crippen LogP contribution in [0.1, 0.15) is 30.5 Å². The number of aryl methyl sites for hydroxylation is 1. The van der Waals surface area contributed by atoms with Crippen molar-refractivity contribution in [2.75, 3.05) is 13.2 Å². The topological polar surface area (TPSA) is 32.3 Å². The summed E-state index contributed by atoms with van der Waals surface area (Å²) in [4.78, 5) is 0. The molecule has 0 spiro atoms. The Bertz CT molecular complexity index is 314. The number of hydrogen-bond donors (Lipinski definition) is 2. The fourth-order valence-corrected chi connectivity index (χ4v) is 1.52. The predicted molar refractivity (Wildman–Crippen MR) is 59.3 cm³/mol. The number of nitrogens with one attached hydrogen (secondary N) is 1. The molecule has 0 fully saturated rings. The van der Waals surface area contributed by atoms with Gasteiger partial charge in [0.15, 0.2) is 0 Å². The number of benzene rings is 1. The minimum atomic E-state index is -0.301. The Kier molecular flexibility index (Phi) is 4.72. The highest BCUT2D eigenvalue weighted by Gasteiger charge is 2.13. The number of rotatable bonds is 5. The van der Waals surface area contributed by atoms with Gasteiger partial charge in [0.1, 0.15) is 5.82 Å². The highest BCUT2D eigenvalue weighted by molar-refractivity contribution is 5.26. The molecule has 2 nitrogen and oxygen atoms in total. The molecule has 84 valence electrons. The Morgan fingerprint density at radius 3 is 2.80 bits per heavy atom. The van der Waals surface area contributed by atoms with Gasteiger partial charge in [0, 0.05) is 5.56 Å². The summed E-state index contributed by atoms with van der Waals surface area (Å²) in [7, 11) is 0. The van der Waals surface area contributed by atoms with Gasteiger partial charge in [-0.15, -0.1) is 0 Å². The van der Waals surface area contributed by atoms with Crippen molar-refractivity contribution in [3.8, 4) is 0 Å². The Balaban J connectivity index is 2.85. The molecule has 2 N–H and O–H groups in total. The van der Waals surface area contributed by atoms with Gasteiger partial charge in [-0.25, -0.2) is 4.39 Å². The molecular formula is C12H18FNO. The maximum Gasteiger partial charge on any atom is 0.128 e. The number of hydrogen-bond acceptors (Lipinski definition) is 2. The van der Waals surface area contributed by atoms with E-state index >= 15 is 0 Å². The van der Waals surface area contributed by atoms with Crippen LogP contribution in [0.25, 0.3) is 0 Å². The molecule has 0 heterocycles. The average molecular weight is 211 g/mol. The lowest BCUT2D eigenvalue weighted by Crippen LogP contribution is -2.26. The summed E-state index contributed by atoms with van der Waals surface area (Å²) in [6.07, 6.45) is 0.962. The molecule has 0 aliphatic carbocycles. The Morgan fingerprint density at radius 2 is 2.20 bits per heavy atom. The Labute approximate surface area is 90.1 Å². The normalized spacial score (nSPS) is 12.8. The molecule has 15 heavy (non-hydrogen) atoms. The Hall–Kier alpha value is -0.930. The zero-order valence-electron chi connectivity index (χ0n) is 9.26. The zero-order valence-corrected chi connectivity index (χ0v) is 9.26. The second-order valence-electron chi connectivity index (χ2n) is 3.71. The molecule has 0 saturated carbocycles. The van der Waals surface area contributed by atoms with Gasteiger partial charge in [-0.2, -0.15) is 0 Å². The van der Waals surface area contributed by atoms with E-state index in [1.807, 2.05) is 13.8 Å². The van der Waals surface area contributed by atoms with E-state index in [4.69, 9.17) is 0 Å². The highest BCUT2D eigenvalue weighted by atomic mass is 19.1. The van der Waals surface area contributed by atoms with E-state index in [9.17, 15) is 9.50 Å². The summed E-state index contributed by atoms with van der Waals surface area (Å²) < 4.78 is 13.5. The standard InChI is InChI=1S/C12H18FNO/c1-3-6-14-12(8-15)10-7-9(2)4-5-11(10)13/h4-5,7,12,14-15H,3,6,8H2,1-2H3. The largest absolute Gasteiger partial charge is 0.394 e. The summed E-state index contributed by atoms with van der Waals surface area (Å²) in [5.74, 6) is -0.261. The quantitative estimate of drug-likeness (QED) is 0.782. The van der Waals surface area contributed by atoms with Gasteiger partial charge in [0.05, 0.1) is 12.6 Å². The van der Waals surface area contributed by atoms with Crippen molar-refractivity contribution >= 4 is 0 Å². The van der Waals surface area contributed by atoms with Crippen LogP contribution in [0, 0.1) is 12.7 Å². The highest BCUT2D eigenvalue weighted by Crippen LogP contribution is 2.18. The van der Waals surface area contributed by atoms with Gasteiger partial charge in [-0.1, -0.05) is 24.6 Å². The van der Waals surface area contributed by atoms with E-state index in [1.165, 1.54) is 6.07 Å². The monoisotopic (exact) mass is 211 g/mol. The summed E-state index contributed by atoms with van der Waals surface area (Å²) in [5, 5.41) is 12.3. The molecule has 0 aliphatic rings. The van der Waals surface area contributed by atoms with Gasteiger partial charge in [0.25, 0.3) is 0 Å². The van der Waals surface area contributed by atoms with E-state index in [-0.39, 0.29) is 18.5 Å². The van der Waals surface area contributed by atoms with E-state index in [2.05, 4.69) is 5.32 Å². The van der Waals surface area contributed by atoms with E-state index in [1.54, 1.807) is 12.1 Å². The molecule has 0 bridgehead atoms. The third kappa shape index (κ3) is 3.29. The van der Waals surface area contributed by atoms with Gasteiger partial charge in [-0.3, -0.25) is 0 Å². The fraction of sp³-hybridized carbons (Fsp3) is 0.500. The molecule has 0 aromatic heterocycles. The van der Waals surface area contributed by atoms with Crippen LogP contribution < -0.4 is 5.32 Å². The van der Waals surface area contributed by atoms with Gasteiger partial charge >= 0.3 is 0 Å². The lowest BCUT2D eigenvalue weighted by Gasteiger charge is -2.17. The summed E-state index contributed by atoms with van der Waals surface area (Å²) >= 11 is 0. The summed E-state index contributed by atoms with van der Waals surface area (Å²) in [6.45, 7) is 4.64. The van der Waals surface area contributed by atoms with Crippen LogP contribution in [0.5, 0.6) is 0 Å². The molecule has 1 rings (SSSR count). The fourth-order valence-electron chi connectivity index (χ4n) is 1.52. The third-order valence-corrected chi connectivity index (χ3v) is 2.35. The molecule has 0 radical (unpaired) electrons. The van der Waals surface area contributed by atoms with Gasteiger partial charge in [-0.05, 0) is 26.0 Å². The molecule has 3 heteroatoms. The smallest absolute Gasteiger partial charge is 0.128 e. The molecule has 0 saturated heterocycles. The van der Waals surface area contributed by atoms with Gasteiger partial charge in [0.2, 0.25) is 0 Å². The summed E-state index contributed by atoms with van der Waals surface area (Å²) in [5.41, 5.74) is 1.55. The van der Waals surface area contributed by atoms with Crippen LogP contribution in [0.4, 0.5) is 4.39 Å². The second kappa shape index (κ2) is 5.83. The first-order chi connectivity index (χ1) is 7.19. The van der Waals surface area contributed by atoms with E-state index in [0.29, 0.717) is 5.56 Å². The SMILES string of the molecule is CCCNC(CO)c1cc(C)ccc1F. The van der Waals surface area contributed by atoms with Gasteiger partial charge < -0.3 is 10.4 Å². The van der Waals surface area contributed by atoms with Crippen molar-refractivity contribution < 1.29 is 9.50 Å². The molecule has 1 aromatic carbocycles. The molecule has 1 atom stereocenters. The van der Waals surface area contributed by atoms with Crippen molar-refractivity contribution in [1.82, 2.24) is 5.32 Å². The minimum Gasteiger partial charge on any atom is -0.394 e. The lowest BCUT2D eigenvalue weighted by molar-refractivity contribution is 0.242. The minimum absolute atomic E-state index is 0.0830. The van der Waals surface area contributed by atoms with Crippen molar-refractivity contribution in [1.29, 1.82) is 0 Å². The molecule has 0 aliphatic heterocycles. The lowest BCUT2D eigenvalue weighted by atomic mass is 10.0. The van der Waals surface area contributed by atoms with Crippen molar-refractivity contribution in [2.45, 2.75) is 26.3 Å². The maximum atomic E-state index is 13.5. The van der Waals surface area contributed by atoms with Crippen molar-refractivity contribution in [2.24, 2.45) is 0 Å². The number of aliphatic hydroxyl groups is 1. The predicted octanol–water partition coefficient (Wildman–Crippen LogP) is 2.17. The zero-order chi connectivity index (χ0) is 11.3. The van der Waals surface area contributed by atoms with Crippen LogP contribution in [0.15, 0.2) is 18.2 Å².